The molecule has 4 nitrogen and oxygen atoms in total. The third kappa shape index (κ3) is 5.62. The summed E-state index contributed by atoms with van der Waals surface area (Å²) in [4.78, 5) is 12.3. The number of hydrogen-bond acceptors (Lipinski definition) is 3. The fourth-order valence-corrected chi connectivity index (χ4v) is 3.64. The number of nitrogens with one attached hydrogen (secondary N) is 1. The number of benzene rings is 4. The first-order chi connectivity index (χ1) is 15.6. The SMILES string of the molecule is Cc1ccc(COc2ccc3ccccc3c2/C=N/NC(=O)Cc2ccc(Br)cc2)cc1. The van der Waals surface area contributed by atoms with E-state index in [9.17, 15) is 4.79 Å². The Balaban J connectivity index is 1.51. The largest absolute Gasteiger partial charge is 0.488 e. The maximum absolute atomic E-state index is 12.3. The Morgan fingerprint density at radius 3 is 2.44 bits per heavy atom. The van der Waals surface area contributed by atoms with E-state index in [0.717, 1.165) is 37.7 Å². The van der Waals surface area contributed by atoms with E-state index in [1.54, 1.807) is 6.21 Å². The number of carbonyl (C=O) groups is 1. The standard InChI is InChI=1S/C27H23BrN2O2/c1-19-6-8-21(9-7-19)18-32-26-15-12-22-4-2-3-5-24(22)25(26)17-29-30-27(31)16-20-10-13-23(28)14-11-20/h2-15,17H,16,18H2,1H3,(H,30,31)/b29-17+. The number of ether oxygens (including phenoxy) is 1. The van der Waals surface area contributed by atoms with Gasteiger partial charge in [-0.15, -0.1) is 0 Å². The molecule has 0 bridgehead atoms. The van der Waals surface area contributed by atoms with E-state index in [0.29, 0.717) is 6.61 Å². The van der Waals surface area contributed by atoms with Crippen molar-refractivity contribution in [3.63, 3.8) is 0 Å². The van der Waals surface area contributed by atoms with Gasteiger partial charge in [-0.1, -0.05) is 88.2 Å². The van der Waals surface area contributed by atoms with Crippen LogP contribution in [0.4, 0.5) is 0 Å². The molecule has 0 aromatic heterocycles. The zero-order valence-electron chi connectivity index (χ0n) is 17.7. The first-order valence-corrected chi connectivity index (χ1v) is 11.1. The van der Waals surface area contributed by atoms with E-state index in [1.807, 2.05) is 60.7 Å². The van der Waals surface area contributed by atoms with Gasteiger partial charge in [0.1, 0.15) is 12.4 Å². The Labute approximate surface area is 196 Å². The summed E-state index contributed by atoms with van der Waals surface area (Å²) in [5, 5.41) is 6.31. The van der Waals surface area contributed by atoms with Crippen molar-refractivity contribution < 1.29 is 9.53 Å². The van der Waals surface area contributed by atoms with Crippen molar-refractivity contribution in [1.29, 1.82) is 0 Å². The van der Waals surface area contributed by atoms with Gasteiger partial charge in [-0.05, 0) is 47.0 Å². The van der Waals surface area contributed by atoms with Crippen LogP contribution in [0.25, 0.3) is 10.8 Å². The monoisotopic (exact) mass is 486 g/mol. The Kier molecular flexibility index (Phi) is 6.97. The quantitative estimate of drug-likeness (QED) is 0.250. The normalized spacial score (nSPS) is 11.1. The zero-order valence-corrected chi connectivity index (χ0v) is 19.3. The molecular weight excluding hydrogens is 464 g/mol. The fourth-order valence-electron chi connectivity index (χ4n) is 3.38. The van der Waals surface area contributed by atoms with Crippen molar-refractivity contribution >= 4 is 38.8 Å². The lowest BCUT2D eigenvalue weighted by molar-refractivity contribution is -0.120. The molecule has 160 valence electrons. The molecule has 4 aromatic carbocycles. The highest BCUT2D eigenvalue weighted by molar-refractivity contribution is 9.10. The van der Waals surface area contributed by atoms with E-state index < -0.39 is 0 Å². The van der Waals surface area contributed by atoms with E-state index in [1.165, 1.54) is 5.56 Å². The minimum Gasteiger partial charge on any atom is -0.488 e. The molecule has 4 rings (SSSR count). The van der Waals surface area contributed by atoms with Crippen molar-refractivity contribution in [2.75, 3.05) is 0 Å². The van der Waals surface area contributed by atoms with Crippen LogP contribution in [0.1, 0.15) is 22.3 Å². The highest BCUT2D eigenvalue weighted by Crippen LogP contribution is 2.27. The van der Waals surface area contributed by atoms with Crippen molar-refractivity contribution in [3.05, 3.63) is 112 Å². The number of nitrogens with zero attached hydrogens (tertiary/aromatic N) is 1. The zero-order chi connectivity index (χ0) is 22.3. The predicted octanol–water partition coefficient (Wildman–Crippen LogP) is 6.18. The van der Waals surface area contributed by atoms with Gasteiger partial charge < -0.3 is 4.74 Å². The Morgan fingerprint density at radius 2 is 1.66 bits per heavy atom. The lowest BCUT2D eigenvalue weighted by Gasteiger charge is -2.12. The van der Waals surface area contributed by atoms with Crippen LogP contribution < -0.4 is 10.2 Å². The molecule has 0 unspecified atom stereocenters. The van der Waals surface area contributed by atoms with Crippen LogP contribution in [0.15, 0.2) is 94.5 Å². The molecule has 0 aliphatic heterocycles. The van der Waals surface area contributed by atoms with Crippen LogP contribution in [-0.4, -0.2) is 12.1 Å². The number of carbonyl (C=O) groups excluding carboxylic acids is 1. The number of fused-ring (bicyclic) bond motifs is 1. The summed E-state index contributed by atoms with van der Waals surface area (Å²) in [7, 11) is 0. The van der Waals surface area contributed by atoms with Crippen LogP contribution in [0.5, 0.6) is 5.75 Å². The molecule has 0 fully saturated rings. The lowest BCUT2D eigenvalue weighted by atomic mass is 10.0. The summed E-state index contributed by atoms with van der Waals surface area (Å²) < 4.78 is 7.11. The van der Waals surface area contributed by atoms with Gasteiger partial charge in [-0.2, -0.15) is 5.10 Å². The second-order valence-corrected chi connectivity index (χ2v) is 8.48. The van der Waals surface area contributed by atoms with Crippen molar-refractivity contribution in [2.45, 2.75) is 20.0 Å². The van der Waals surface area contributed by atoms with Gasteiger partial charge in [0.15, 0.2) is 0 Å². The molecule has 4 aromatic rings. The smallest absolute Gasteiger partial charge is 0.244 e. The van der Waals surface area contributed by atoms with Gasteiger partial charge in [0, 0.05) is 10.0 Å². The summed E-state index contributed by atoms with van der Waals surface area (Å²) >= 11 is 3.40. The summed E-state index contributed by atoms with van der Waals surface area (Å²) in [5.41, 5.74) is 6.69. The highest BCUT2D eigenvalue weighted by atomic mass is 79.9. The molecule has 1 amide bonds. The predicted molar refractivity (Wildman–Crippen MR) is 133 cm³/mol. The number of hydrazone groups is 1. The van der Waals surface area contributed by atoms with E-state index in [-0.39, 0.29) is 12.3 Å². The Hall–Kier alpha value is -3.44. The Morgan fingerprint density at radius 1 is 0.938 bits per heavy atom. The van der Waals surface area contributed by atoms with Crippen LogP contribution in [0, 0.1) is 6.92 Å². The van der Waals surface area contributed by atoms with Crippen LogP contribution in [-0.2, 0) is 17.8 Å². The van der Waals surface area contributed by atoms with Gasteiger partial charge in [0.25, 0.3) is 0 Å². The van der Waals surface area contributed by atoms with Crippen LogP contribution in [0.2, 0.25) is 0 Å². The molecule has 0 atom stereocenters. The fraction of sp³-hybridized carbons (Fsp3) is 0.111. The summed E-state index contributed by atoms with van der Waals surface area (Å²) in [6, 6.07) is 27.9. The highest BCUT2D eigenvalue weighted by Gasteiger charge is 2.08. The average Bonchev–Trinajstić information content (AvgIpc) is 2.81. The topological polar surface area (TPSA) is 50.7 Å². The molecular formula is C27H23BrN2O2. The first kappa shape index (κ1) is 21.8. The lowest BCUT2D eigenvalue weighted by Crippen LogP contribution is -2.19. The second-order valence-electron chi connectivity index (χ2n) is 7.57. The molecule has 1 N–H and O–H groups in total. The number of halogens is 1. The molecule has 0 saturated heterocycles. The minimum absolute atomic E-state index is 0.175. The van der Waals surface area contributed by atoms with Gasteiger partial charge in [-0.25, -0.2) is 5.43 Å². The van der Waals surface area contributed by atoms with Gasteiger partial charge >= 0.3 is 0 Å². The number of rotatable bonds is 7. The van der Waals surface area contributed by atoms with Crippen molar-refractivity contribution in [1.82, 2.24) is 5.43 Å². The minimum atomic E-state index is -0.175. The number of hydrogen-bond donors (Lipinski definition) is 1. The number of amides is 1. The molecule has 5 heteroatoms. The number of aryl methyl sites for hydroxylation is 1. The molecule has 0 saturated carbocycles. The summed E-state index contributed by atoms with van der Waals surface area (Å²) in [5.74, 6) is 0.543. The van der Waals surface area contributed by atoms with Gasteiger partial charge in [0.2, 0.25) is 5.91 Å². The summed E-state index contributed by atoms with van der Waals surface area (Å²) in [6.07, 6.45) is 1.92. The molecule has 0 radical (unpaired) electrons. The Bertz CT molecular complexity index is 1250. The average molecular weight is 487 g/mol. The van der Waals surface area contributed by atoms with Crippen molar-refractivity contribution in [2.24, 2.45) is 5.10 Å². The van der Waals surface area contributed by atoms with Crippen LogP contribution in [0.3, 0.4) is 0 Å². The molecule has 0 heterocycles. The van der Waals surface area contributed by atoms with Crippen LogP contribution >= 0.6 is 15.9 Å². The van der Waals surface area contributed by atoms with Crippen molar-refractivity contribution in [3.8, 4) is 5.75 Å². The molecule has 0 aliphatic carbocycles. The van der Waals surface area contributed by atoms with E-state index >= 15 is 0 Å². The van der Waals surface area contributed by atoms with E-state index in [2.05, 4.69) is 57.6 Å². The second kappa shape index (κ2) is 10.2. The maximum atomic E-state index is 12.3. The molecule has 0 aliphatic rings. The van der Waals surface area contributed by atoms with Gasteiger partial charge in [0.05, 0.1) is 12.6 Å². The molecule has 0 spiro atoms. The molecule has 32 heavy (non-hydrogen) atoms. The summed E-state index contributed by atoms with van der Waals surface area (Å²) in [6.45, 7) is 2.52. The van der Waals surface area contributed by atoms with Gasteiger partial charge in [-0.3, -0.25) is 4.79 Å². The van der Waals surface area contributed by atoms with E-state index in [4.69, 9.17) is 4.74 Å². The maximum Gasteiger partial charge on any atom is 0.244 e. The third-order valence-electron chi connectivity index (χ3n) is 5.11. The third-order valence-corrected chi connectivity index (χ3v) is 5.64. The first-order valence-electron chi connectivity index (χ1n) is 10.3.